The van der Waals surface area contributed by atoms with Crippen LogP contribution in [0.15, 0.2) is 18.2 Å². The van der Waals surface area contributed by atoms with Crippen LogP contribution in [0, 0.1) is 5.92 Å². The number of fused-ring (bicyclic) bond motifs is 1. The Kier molecular flexibility index (Phi) is 6.73. The fraction of sp³-hybridized carbons (Fsp3) is 0.450. The first-order valence-corrected chi connectivity index (χ1v) is 9.14. The number of carbonyl (C=O) groups excluding carboxylic acids is 3. The van der Waals surface area contributed by atoms with E-state index in [2.05, 4.69) is 10.6 Å². The van der Waals surface area contributed by atoms with Gasteiger partial charge in [-0.25, -0.2) is 0 Å². The van der Waals surface area contributed by atoms with Gasteiger partial charge in [0, 0.05) is 12.4 Å². The van der Waals surface area contributed by atoms with Crippen LogP contribution < -0.4 is 25.2 Å². The fourth-order valence-corrected chi connectivity index (χ4v) is 3.08. The van der Waals surface area contributed by atoms with Crippen LogP contribution in [0.1, 0.15) is 31.3 Å². The van der Waals surface area contributed by atoms with Gasteiger partial charge in [-0.05, 0) is 31.0 Å². The highest BCUT2D eigenvalue weighted by molar-refractivity contribution is 6.03. The van der Waals surface area contributed by atoms with Crippen LogP contribution >= 0.6 is 0 Å². The van der Waals surface area contributed by atoms with Gasteiger partial charge in [0.1, 0.15) is 23.2 Å². The zero-order valence-electron chi connectivity index (χ0n) is 17.4. The van der Waals surface area contributed by atoms with Crippen LogP contribution in [0.4, 0.5) is 0 Å². The molecule has 0 saturated carbocycles. The van der Waals surface area contributed by atoms with Crippen molar-refractivity contribution in [1.29, 1.82) is 0 Å². The van der Waals surface area contributed by atoms with E-state index in [-0.39, 0.29) is 5.92 Å². The van der Waals surface area contributed by atoms with Crippen molar-refractivity contribution in [1.82, 2.24) is 15.2 Å². The zero-order chi connectivity index (χ0) is 21.9. The van der Waals surface area contributed by atoms with Gasteiger partial charge < -0.3 is 34.6 Å². The second-order valence-electron chi connectivity index (χ2n) is 7.07. The Bertz CT molecular complexity index is 934. The monoisotopic (exact) mass is 404 g/mol. The third-order valence-electron chi connectivity index (χ3n) is 4.75. The van der Waals surface area contributed by atoms with Crippen molar-refractivity contribution < 1.29 is 29.0 Å². The minimum Gasteiger partial charge on any atom is -0.548 e. The summed E-state index contributed by atoms with van der Waals surface area (Å²) in [7, 11) is 4.76. The van der Waals surface area contributed by atoms with Crippen LogP contribution in [0.2, 0.25) is 0 Å². The first kappa shape index (κ1) is 22.1. The average Bonchev–Trinajstić information content (AvgIpc) is 3.02. The molecule has 0 spiro atoms. The molecule has 0 fully saturated rings. The highest BCUT2D eigenvalue weighted by atomic mass is 16.5. The number of aliphatic carboxylic acids is 1. The molecule has 0 bridgehead atoms. The van der Waals surface area contributed by atoms with E-state index in [0.29, 0.717) is 28.1 Å². The predicted octanol–water partition coefficient (Wildman–Crippen LogP) is 0.205. The Balaban J connectivity index is 2.26. The average molecular weight is 404 g/mol. The molecule has 0 radical (unpaired) electrons. The quantitative estimate of drug-likeness (QED) is 0.648. The molecule has 2 amide bonds. The van der Waals surface area contributed by atoms with E-state index in [1.54, 1.807) is 43.7 Å². The molecule has 9 nitrogen and oxygen atoms in total. The number of carboxylic acids is 1. The summed E-state index contributed by atoms with van der Waals surface area (Å²) in [6.07, 6.45) is 0. The van der Waals surface area contributed by atoms with Gasteiger partial charge in [-0.1, -0.05) is 13.8 Å². The number of aromatic nitrogens is 1. The summed E-state index contributed by atoms with van der Waals surface area (Å²) in [4.78, 5) is 36.3. The first-order valence-electron chi connectivity index (χ1n) is 9.14. The Labute approximate surface area is 169 Å². The van der Waals surface area contributed by atoms with Crippen LogP contribution in [0.5, 0.6) is 11.5 Å². The second kappa shape index (κ2) is 8.85. The number of hydrogen-bond donors (Lipinski definition) is 2. The van der Waals surface area contributed by atoms with Gasteiger partial charge in [0.25, 0.3) is 5.91 Å². The normalized spacial score (nSPS) is 13.1. The Morgan fingerprint density at radius 3 is 2.14 bits per heavy atom. The third kappa shape index (κ3) is 4.44. The van der Waals surface area contributed by atoms with Crippen molar-refractivity contribution in [3.63, 3.8) is 0 Å². The van der Waals surface area contributed by atoms with Crippen molar-refractivity contribution in [2.75, 3.05) is 14.2 Å². The number of carboxylic acid groups (broad SMARTS) is 1. The lowest BCUT2D eigenvalue weighted by atomic mass is 10.0. The maximum Gasteiger partial charge on any atom is 0.268 e. The van der Waals surface area contributed by atoms with Crippen molar-refractivity contribution in [3.05, 3.63) is 23.9 Å². The minimum absolute atomic E-state index is 0.294. The first-order chi connectivity index (χ1) is 13.6. The SMILES string of the molecule is COc1ccc(OC)c2c1cc(C(=O)N[C@@H](C)C(=O)N[C@H](C(=O)[O-])C(C)C)n2C. The van der Waals surface area contributed by atoms with Gasteiger partial charge in [0.15, 0.2) is 0 Å². The Morgan fingerprint density at radius 1 is 1.03 bits per heavy atom. The molecular formula is C20H26N3O6-. The molecule has 1 aromatic carbocycles. The molecule has 2 aromatic rings. The maximum absolute atomic E-state index is 12.8. The summed E-state index contributed by atoms with van der Waals surface area (Å²) in [5.74, 6) is -1.69. The molecule has 2 rings (SSSR count). The molecular weight excluding hydrogens is 378 g/mol. The van der Waals surface area contributed by atoms with E-state index in [1.807, 2.05) is 0 Å². The standard InChI is InChI=1S/C20H27N3O6/c1-10(2)16(20(26)27)22-18(24)11(3)21-19(25)13-9-12-14(28-5)7-8-15(29-6)17(12)23(13)4/h7-11,16H,1-6H3,(H,21,25)(H,22,24)(H,26,27)/p-1/t11-,16-/m0/s1. The van der Waals surface area contributed by atoms with E-state index in [1.165, 1.54) is 21.1 Å². The summed E-state index contributed by atoms with van der Waals surface area (Å²) in [6, 6.07) is 3.03. The maximum atomic E-state index is 12.8. The minimum atomic E-state index is -1.38. The molecule has 158 valence electrons. The molecule has 0 aliphatic heterocycles. The molecule has 2 atom stereocenters. The highest BCUT2D eigenvalue weighted by Crippen LogP contribution is 2.35. The zero-order valence-corrected chi connectivity index (χ0v) is 17.4. The molecule has 0 aliphatic carbocycles. The van der Waals surface area contributed by atoms with Crippen LogP contribution in [-0.4, -0.2) is 48.7 Å². The van der Waals surface area contributed by atoms with E-state index in [0.717, 1.165) is 0 Å². The number of rotatable bonds is 8. The number of carbonyl (C=O) groups is 3. The predicted molar refractivity (Wildman–Crippen MR) is 105 cm³/mol. The van der Waals surface area contributed by atoms with E-state index >= 15 is 0 Å². The summed E-state index contributed by atoms with van der Waals surface area (Å²) in [6.45, 7) is 4.78. The molecule has 0 saturated heterocycles. The van der Waals surface area contributed by atoms with E-state index in [4.69, 9.17) is 9.47 Å². The summed E-state index contributed by atoms with van der Waals surface area (Å²) >= 11 is 0. The molecule has 0 aliphatic rings. The van der Waals surface area contributed by atoms with Gasteiger partial charge in [-0.2, -0.15) is 0 Å². The van der Waals surface area contributed by atoms with Crippen molar-refractivity contribution in [2.24, 2.45) is 13.0 Å². The van der Waals surface area contributed by atoms with Crippen LogP contribution in [0.25, 0.3) is 10.9 Å². The van der Waals surface area contributed by atoms with E-state index < -0.39 is 29.9 Å². The van der Waals surface area contributed by atoms with Crippen LogP contribution in [0.3, 0.4) is 0 Å². The molecule has 2 N–H and O–H groups in total. The topological polar surface area (TPSA) is 122 Å². The summed E-state index contributed by atoms with van der Waals surface area (Å²) in [5.41, 5.74) is 0.966. The number of ether oxygens (including phenoxy) is 2. The number of nitrogens with one attached hydrogen (secondary N) is 2. The number of amides is 2. The van der Waals surface area contributed by atoms with Crippen molar-refractivity contribution in [2.45, 2.75) is 32.9 Å². The highest BCUT2D eigenvalue weighted by Gasteiger charge is 2.24. The smallest absolute Gasteiger partial charge is 0.268 e. The fourth-order valence-electron chi connectivity index (χ4n) is 3.08. The Hall–Kier alpha value is -3.23. The largest absolute Gasteiger partial charge is 0.548 e. The van der Waals surface area contributed by atoms with Crippen molar-refractivity contribution >= 4 is 28.7 Å². The summed E-state index contributed by atoms with van der Waals surface area (Å²) < 4.78 is 12.4. The lowest BCUT2D eigenvalue weighted by Crippen LogP contribution is -2.55. The van der Waals surface area contributed by atoms with Gasteiger partial charge >= 0.3 is 0 Å². The molecule has 0 unspecified atom stereocenters. The summed E-state index contributed by atoms with van der Waals surface area (Å²) in [5, 5.41) is 16.8. The molecule has 1 aromatic heterocycles. The van der Waals surface area contributed by atoms with E-state index in [9.17, 15) is 19.5 Å². The van der Waals surface area contributed by atoms with Gasteiger partial charge in [-0.15, -0.1) is 0 Å². The number of aryl methyl sites for hydroxylation is 1. The molecule has 9 heteroatoms. The van der Waals surface area contributed by atoms with Crippen molar-refractivity contribution in [3.8, 4) is 11.5 Å². The second-order valence-corrected chi connectivity index (χ2v) is 7.07. The van der Waals surface area contributed by atoms with Gasteiger partial charge in [-0.3, -0.25) is 9.59 Å². The van der Waals surface area contributed by atoms with Gasteiger partial charge in [0.05, 0.1) is 31.7 Å². The lowest BCUT2D eigenvalue weighted by Gasteiger charge is -2.25. The van der Waals surface area contributed by atoms with Gasteiger partial charge in [0.2, 0.25) is 5.91 Å². The number of hydrogen-bond acceptors (Lipinski definition) is 6. The lowest BCUT2D eigenvalue weighted by molar-refractivity contribution is -0.309. The third-order valence-corrected chi connectivity index (χ3v) is 4.75. The Morgan fingerprint density at radius 2 is 1.62 bits per heavy atom. The number of nitrogens with zero attached hydrogens (tertiary/aromatic N) is 1. The number of methoxy groups -OCH3 is 2. The number of benzene rings is 1. The molecule has 29 heavy (non-hydrogen) atoms. The van der Waals surface area contributed by atoms with Crippen LogP contribution in [-0.2, 0) is 16.6 Å². The molecule has 1 heterocycles.